The summed E-state index contributed by atoms with van der Waals surface area (Å²) in [6, 6.07) is 6.88. The van der Waals surface area contributed by atoms with Crippen LogP contribution in [-0.2, 0) is 16.1 Å². The van der Waals surface area contributed by atoms with Gasteiger partial charge in [0.2, 0.25) is 11.7 Å². The van der Waals surface area contributed by atoms with Crippen molar-refractivity contribution in [1.82, 2.24) is 15.5 Å². The summed E-state index contributed by atoms with van der Waals surface area (Å²) < 4.78 is 15.0. The van der Waals surface area contributed by atoms with Crippen LogP contribution in [-0.4, -0.2) is 35.7 Å². The normalized spacial score (nSPS) is 10.4. The number of rotatable bonds is 11. The van der Waals surface area contributed by atoms with Crippen molar-refractivity contribution in [2.75, 3.05) is 13.7 Å². The zero-order valence-corrected chi connectivity index (χ0v) is 15.7. The predicted molar refractivity (Wildman–Crippen MR) is 97.2 cm³/mol. The number of carbonyl (C=O) groups excluding carboxylic acids is 2. The monoisotopic (exact) mass is 375 g/mol. The van der Waals surface area contributed by atoms with Crippen molar-refractivity contribution in [2.24, 2.45) is 0 Å². The van der Waals surface area contributed by atoms with E-state index in [0.717, 1.165) is 25.7 Å². The molecule has 0 fully saturated rings. The summed E-state index contributed by atoms with van der Waals surface area (Å²) in [4.78, 5) is 27.2. The Morgan fingerprint density at radius 2 is 1.85 bits per heavy atom. The number of aromatic nitrogens is 2. The lowest BCUT2D eigenvalue weighted by Crippen LogP contribution is -2.24. The van der Waals surface area contributed by atoms with E-state index >= 15 is 0 Å². The Kier molecular flexibility index (Phi) is 8.28. The number of nitrogens with zero attached hydrogens (tertiary/aromatic N) is 2. The maximum atomic E-state index is 12.1. The highest BCUT2D eigenvalue weighted by molar-refractivity contribution is 5.94. The van der Waals surface area contributed by atoms with E-state index in [0.29, 0.717) is 36.0 Å². The van der Waals surface area contributed by atoms with Gasteiger partial charge in [0.05, 0.1) is 7.11 Å². The molecule has 0 aliphatic heterocycles. The van der Waals surface area contributed by atoms with Crippen LogP contribution in [0.3, 0.4) is 0 Å². The van der Waals surface area contributed by atoms with Crippen molar-refractivity contribution in [3.8, 4) is 5.75 Å². The fourth-order valence-electron chi connectivity index (χ4n) is 2.40. The highest BCUT2D eigenvalue weighted by atomic mass is 16.5. The first-order chi connectivity index (χ1) is 13.1. The van der Waals surface area contributed by atoms with E-state index in [-0.39, 0.29) is 18.5 Å². The van der Waals surface area contributed by atoms with E-state index in [9.17, 15) is 9.59 Å². The van der Waals surface area contributed by atoms with Gasteiger partial charge >= 0.3 is 5.97 Å². The van der Waals surface area contributed by atoms with E-state index in [1.165, 1.54) is 7.11 Å². The van der Waals surface area contributed by atoms with Gasteiger partial charge in [0, 0.05) is 25.5 Å². The molecule has 2 aromatic rings. The van der Waals surface area contributed by atoms with Gasteiger partial charge in [-0.3, -0.25) is 9.59 Å². The molecular formula is C19H25N3O5. The van der Waals surface area contributed by atoms with Crippen LogP contribution >= 0.6 is 0 Å². The molecule has 27 heavy (non-hydrogen) atoms. The first-order valence-electron chi connectivity index (χ1n) is 8.95. The molecule has 0 bridgehead atoms. The Morgan fingerprint density at radius 3 is 2.52 bits per heavy atom. The molecule has 0 unspecified atom stereocenters. The molecule has 0 saturated carbocycles. The first-order valence-corrected chi connectivity index (χ1v) is 8.95. The summed E-state index contributed by atoms with van der Waals surface area (Å²) in [5.41, 5.74) is 0.573. The molecule has 8 nitrogen and oxygen atoms in total. The van der Waals surface area contributed by atoms with Crippen molar-refractivity contribution in [3.05, 3.63) is 41.5 Å². The first kappa shape index (κ1) is 20.4. The highest BCUT2D eigenvalue weighted by Crippen LogP contribution is 2.13. The van der Waals surface area contributed by atoms with E-state index < -0.39 is 0 Å². The smallest absolute Gasteiger partial charge is 0.305 e. The average Bonchev–Trinajstić information content (AvgIpc) is 3.10. The Balaban J connectivity index is 1.62. The highest BCUT2D eigenvalue weighted by Gasteiger charge is 2.07. The van der Waals surface area contributed by atoms with E-state index in [1.54, 1.807) is 31.2 Å². The van der Waals surface area contributed by atoms with Gasteiger partial charge in [0.15, 0.2) is 6.61 Å². The number of amides is 1. The lowest BCUT2D eigenvalue weighted by molar-refractivity contribution is -0.140. The van der Waals surface area contributed by atoms with Gasteiger partial charge in [-0.05, 0) is 37.1 Å². The molecule has 1 aromatic heterocycles. The topological polar surface area (TPSA) is 104 Å². The summed E-state index contributed by atoms with van der Waals surface area (Å²) >= 11 is 0. The lowest BCUT2D eigenvalue weighted by atomic mass is 10.1. The van der Waals surface area contributed by atoms with Crippen LogP contribution in [0.4, 0.5) is 0 Å². The van der Waals surface area contributed by atoms with Gasteiger partial charge in [0.25, 0.3) is 5.91 Å². The molecule has 1 aromatic carbocycles. The fraction of sp³-hybridized carbons (Fsp3) is 0.474. The molecule has 0 saturated heterocycles. The molecule has 0 aliphatic rings. The number of nitrogens with one attached hydrogen (secondary N) is 1. The Bertz CT molecular complexity index is 727. The summed E-state index contributed by atoms with van der Waals surface area (Å²) in [6.07, 6.45) is 4.03. The van der Waals surface area contributed by atoms with Gasteiger partial charge < -0.3 is 19.3 Å². The zero-order chi connectivity index (χ0) is 19.5. The minimum atomic E-state index is -0.178. The minimum absolute atomic E-state index is 0.120. The van der Waals surface area contributed by atoms with Crippen LogP contribution in [0, 0.1) is 6.92 Å². The summed E-state index contributed by atoms with van der Waals surface area (Å²) in [5, 5.41) is 6.64. The number of benzene rings is 1. The summed E-state index contributed by atoms with van der Waals surface area (Å²) in [5.74, 6) is 1.29. The summed E-state index contributed by atoms with van der Waals surface area (Å²) in [6.45, 7) is 2.53. The van der Waals surface area contributed by atoms with Crippen LogP contribution in [0.1, 0.15) is 54.2 Å². The molecule has 0 atom stereocenters. The van der Waals surface area contributed by atoms with Crippen molar-refractivity contribution in [2.45, 2.75) is 45.6 Å². The number of ether oxygens (including phenoxy) is 2. The molecule has 8 heteroatoms. The van der Waals surface area contributed by atoms with Gasteiger partial charge in [-0.25, -0.2) is 0 Å². The minimum Gasteiger partial charge on any atom is -0.485 e. The van der Waals surface area contributed by atoms with E-state index in [1.807, 2.05) is 0 Å². The van der Waals surface area contributed by atoms with Crippen LogP contribution in [0.5, 0.6) is 5.75 Å². The van der Waals surface area contributed by atoms with E-state index in [4.69, 9.17) is 9.26 Å². The third-order valence-corrected chi connectivity index (χ3v) is 3.87. The third-order valence-electron chi connectivity index (χ3n) is 3.87. The number of hydrogen-bond donors (Lipinski definition) is 1. The zero-order valence-electron chi connectivity index (χ0n) is 15.7. The number of aryl methyl sites for hydroxylation is 1. The van der Waals surface area contributed by atoms with Crippen LogP contribution in [0.15, 0.2) is 28.8 Å². The van der Waals surface area contributed by atoms with Crippen molar-refractivity contribution >= 4 is 11.9 Å². The van der Waals surface area contributed by atoms with Gasteiger partial charge in [0.1, 0.15) is 5.75 Å². The van der Waals surface area contributed by atoms with Crippen molar-refractivity contribution < 1.29 is 23.6 Å². The molecule has 146 valence electrons. The third kappa shape index (κ3) is 7.47. The van der Waals surface area contributed by atoms with E-state index in [2.05, 4.69) is 20.2 Å². The van der Waals surface area contributed by atoms with Gasteiger partial charge in [-0.15, -0.1) is 0 Å². The Labute approximate surface area is 158 Å². The quantitative estimate of drug-likeness (QED) is 0.476. The van der Waals surface area contributed by atoms with Crippen molar-refractivity contribution in [3.63, 3.8) is 0 Å². The van der Waals surface area contributed by atoms with Gasteiger partial charge in [-0.1, -0.05) is 18.0 Å². The van der Waals surface area contributed by atoms with Gasteiger partial charge in [-0.2, -0.15) is 4.98 Å². The maximum Gasteiger partial charge on any atom is 0.305 e. The van der Waals surface area contributed by atoms with Crippen LogP contribution in [0.2, 0.25) is 0 Å². The maximum absolute atomic E-state index is 12.1. The largest absolute Gasteiger partial charge is 0.485 e. The molecule has 2 rings (SSSR count). The molecule has 0 aliphatic carbocycles. The molecule has 0 radical (unpaired) electrons. The van der Waals surface area contributed by atoms with Crippen molar-refractivity contribution in [1.29, 1.82) is 0 Å². The molecule has 1 amide bonds. The second-order valence-corrected chi connectivity index (χ2v) is 6.04. The number of methoxy groups -OCH3 is 1. The second kappa shape index (κ2) is 10.9. The molecule has 1 heterocycles. The van der Waals surface area contributed by atoms with Crippen LogP contribution < -0.4 is 10.1 Å². The lowest BCUT2D eigenvalue weighted by Gasteiger charge is -2.07. The Morgan fingerprint density at radius 1 is 1.11 bits per heavy atom. The number of carbonyl (C=O) groups is 2. The second-order valence-electron chi connectivity index (χ2n) is 6.04. The molecule has 0 spiro atoms. The molecule has 1 N–H and O–H groups in total. The predicted octanol–water partition coefficient (Wildman–Crippen LogP) is 2.81. The summed E-state index contributed by atoms with van der Waals surface area (Å²) in [7, 11) is 1.39. The average molecular weight is 375 g/mol. The molecular weight excluding hydrogens is 350 g/mol. The number of unbranched alkanes of at least 4 members (excludes halogenated alkanes) is 3. The van der Waals surface area contributed by atoms with Crippen LogP contribution in [0.25, 0.3) is 0 Å². The number of hydrogen-bond acceptors (Lipinski definition) is 7. The standard InChI is InChI=1S/C19H25N3O5/c1-14-21-17(22-27-14)13-26-16-10-8-15(9-11-16)19(24)20-12-6-4-3-5-7-18(23)25-2/h8-11H,3-7,12-13H2,1-2H3,(H,20,24). The SMILES string of the molecule is COC(=O)CCCCCCNC(=O)c1ccc(OCc2noc(C)n2)cc1. The Hall–Kier alpha value is -2.90. The number of esters is 1. The fourth-order valence-corrected chi connectivity index (χ4v) is 2.40.